The molecule has 8 rings (SSSR count). The molecular weight excluding hydrogens is 520 g/mol. The fourth-order valence-corrected chi connectivity index (χ4v) is 8.06. The van der Waals surface area contributed by atoms with E-state index < -0.39 is 23.0 Å². The topological polar surface area (TPSA) is 117 Å². The molecule has 4 fully saturated rings. The van der Waals surface area contributed by atoms with Crippen LogP contribution in [0.25, 0.3) is 11.8 Å². The highest BCUT2D eigenvalue weighted by atomic mass is 16.5. The van der Waals surface area contributed by atoms with Crippen LogP contribution in [0.2, 0.25) is 0 Å². The Morgan fingerprint density at radius 1 is 0.927 bits per heavy atom. The second kappa shape index (κ2) is 9.33. The van der Waals surface area contributed by atoms with Gasteiger partial charge in [0.2, 0.25) is 5.88 Å². The number of benzene rings is 2. The number of nitrogens with zero attached hydrogens (tertiary/aromatic N) is 3. The van der Waals surface area contributed by atoms with Gasteiger partial charge in [-0.15, -0.1) is 0 Å². The summed E-state index contributed by atoms with van der Waals surface area (Å²) in [6.45, 7) is 1.65. The molecule has 4 bridgehead atoms. The van der Waals surface area contributed by atoms with Gasteiger partial charge in [-0.3, -0.25) is 14.6 Å². The number of aromatic nitrogens is 2. The molecular formula is C32H32N4O5. The lowest BCUT2D eigenvalue weighted by Gasteiger charge is -2.57. The molecule has 0 spiro atoms. The van der Waals surface area contributed by atoms with Crippen molar-refractivity contribution in [2.45, 2.75) is 50.9 Å². The van der Waals surface area contributed by atoms with Crippen molar-refractivity contribution >= 4 is 23.4 Å². The summed E-state index contributed by atoms with van der Waals surface area (Å²) in [5.41, 5.74) is 1.26. The zero-order chi connectivity index (χ0) is 28.5. The van der Waals surface area contributed by atoms with Gasteiger partial charge >= 0.3 is 5.69 Å². The number of H-pyrrole nitrogens is 1. The third kappa shape index (κ3) is 4.13. The van der Waals surface area contributed by atoms with Crippen molar-refractivity contribution in [3.05, 3.63) is 86.1 Å². The van der Waals surface area contributed by atoms with E-state index in [-0.39, 0.29) is 16.6 Å². The van der Waals surface area contributed by atoms with Crippen molar-refractivity contribution in [3.63, 3.8) is 0 Å². The van der Waals surface area contributed by atoms with Crippen LogP contribution in [-0.2, 0) is 10.2 Å². The lowest BCUT2D eigenvalue weighted by atomic mass is 9.48. The highest BCUT2D eigenvalue weighted by molar-refractivity contribution is 6.32. The van der Waals surface area contributed by atoms with E-state index in [1.54, 1.807) is 38.3 Å². The van der Waals surface area contributed by atoms with Crippen LogP contribution in [0.5, 0.6) is 11.6 Å². The average Bonchev–Trinajstić information content (AvgIpc) is 3.23. The summed E-state index contributed by atoms with van der Waals surface area (Å²) in [4.78, 5) is 41.3. The number of anilines is 1. The standard InChI is InChI=1S/C32H32N4O5/c1-18-26(30(39)36(34-18)24-7-9-25(41-2)10-8-24)14-27-28(37)33-31(40)35(29(27)38)23-5-3-22(4-6-23)32-15-19-11-20(16-32)13-21(12-19)17-32/h3-10,14,19-21,38H,11-13,15-17H2,1-2H3,(H,33,37,40)/b26-14-. The molecule has 4 saturated carbocycles. The van der Waals surface area contributed by atoms with E-state index in [2.05, 4.69) is 22.2 Å². The minimum atomic E-state index is -0.787. The lowest BCUT2D eigenvalue weighted by Crippen LogP contribution is -2.48. The minimum absolute atomic E-state index is 0.143. The first kappa shape index (κ1) is 25.6. The second-order valence-corrected chi connectivity index (χ2v) is 12.1. The van der Waals surface area contributed by atoms with Gasteiger partial charge in [0.1, 0.15) is 11.3 Å². The maximum absolute atomic E-state index is 13.3. The van der Waals surface area contributed by atoms with Gasteiger partial charge < -0.3 is 9.84 Å². The van der Waals surface area contributed by atoms with E-state index in [1.165, 1.54) is 55.2 Å². The van der Waals surface area contributed by atoms with Crippen molar-refractivity contribution < 1.29 is 14.6 Å². The summed E-state index contributed by atoms with van der Waals surface area (Å²) in [7, 11) is 1.56. The van der Waals surface area contributed by atoms with Gasteiger partial charge in [-0.05, 0) is 117 Å². The number of hydrogen-bond donors (Lipinski definition) is 2. The molecule has 5 aliphatic rings. The van der Waals surface area contributed by atoms with Crippen LogP contribution in [0.3, 0.4) is 0 Å². The zero-order valence-corrected chi connectivity index (χ0v) is 23.1. The van der Waals surface area contributed by atoms with Gasteiger partial charge in [-0.25, -0.2) is 9.36 Å². The van der Waals surface area contributed by atoms with Gasteiger partial charge in [0.05, 0.1) is 29.8 Å². The molecule has 0 saturated heterocycles. The van der Waals surface area contributed by atoms with Crippen LogP contribution in [-0.4, -0.2) is 33.4 Å². The van der Waals surface area contributed by atoms with Gasteiger partial charge in [0.25, 0.3) is 11.5 Å². The van der Waals surface area contributed by atoms with Crippen molar-refractivity contribution in [2.24, 2.45) is 22.9 Å². The number of aromatic amines is 1. The molecule has 4 aliphatic carbocycles. The number of aromatic hydroxyl groups is 1. The van der Waals surface area contributed by atoms with Crippen LogP contribution in [0.1, 0.15) is 56.6 Å². The molecule has 1 amide bonds. The minimum Gasteiger partial charge on any atom is -0.497 e. The Hall–Kier alpha value is -4.40. The predicted octanol–water partition coefficient (Wildman–Crippen LogP) is 4.51. The third-order valence-electron chi connectivity index (χ3n) is 9.57. The van der Waals surface area contributed by atoms with E-state index in [0.717, 1.165) is 22.3 Å². The Bertz CT molecular complexity index is 1690. The molecule has 3 aromatic rings. The van der Waals surface area contributed by atoms with Crippen LogP contribution in [0.4, 0.5) is 5.69 Å². The largest absolute Gasteiger partial charge is 0.497 e. The number of rotatable bonds is 5. The second-order valence-electron chi connectivity index (χ2n) is 12.1. The van der Waals surface area contributed by atoms with Crippen LogP contribution in [0, 0.1) is 17.8 Å². The fourth-order valence-electron chi connectivity index (χ4n) is 8.06. The van der Waals surface area contributed by atoms with Crippen molar-refractivity contribution in [1.29, 1.82) is 0 Å². The quantitative estimate of drug-likeness (QED) is 0.452. The van der Waals surface area contributed by atoms with Crippen LogP contribution >= 0.6 is 0 Å². The summed E-state index contributed by atoms with van der Waals surface area (Å²) >= 11 is 0. The summed E-state index contributed by atoms with van der Waals surface area (Å²) in [5, 5.41) is 16.8. The van der Waals surface area contributed by atoms with Crippen molar-refractivity contribution in [2.75, 3.05) is 12.1 Å². The number of carbonyl (C=O) groups is 1. The number of ether oxygens (including phenoxy) is 1. The normalized spacial score (nSPS) is 27.5. The summed E-state index contributed by atoms with van der Waals surface area (Å²) < 4.78 is 6.25. The first-order valence-corrected chi connectivity index (χ1v) is 14.2. The van der Waals surface area contributed by atoms with E-state index in [4.69, 9.17) is 4.74 Å². The van der Waals surface area contributed by atoms with E-state index in [9.17, 15) is 19.5 Å². The smallest absolute Gasteiger partial charge is 0.335 e. The Morgan fingerprint density at radius 2 is 1.51 bits per heavy atom. The molecule has 2 heterocycles. The number of methoxy groups -OCH3 is 1. The van der Waals surface area contributed by atoms with E-state index in [1.807, 2.05) is 12.1 Å². The Balaban J connectivity index is 1.22. The highest BCUT2D eigenvalue weighted by Crippen LogP contribution is 2.60. The predicted molar refractivity (Wildman–Crippen MR) is 156 cm³/mol. The maximum Gasteiger partial charge on any atom is 0.335 e. The zero-order valence-electron chi connectivity index (χ0n) is 23.1. The van der Waals surface area contributed by atoms with Gasteiger partial charge in [0, 0.05) is 0 Å². The molecule has 2 N–H and O–H groups in total. The Morgan fingerprint density at radius 3 is 2.10 bits per heavy atom. The van der Waals surface area contributed by atoms with Crippen molar-refractivity contribution in [3.8, 4) is 17.3 Å². The van der Waals surface area contributed by atoms with Gasteiger partial charge in [0.15, 0.2) is 0 Å². The molecule has 0 unspecified atom stereocenters. The molecule has 0 radical (unpaired) electrons. The van der Waals surface area contributed by atoms with Crippen LogP contribution in [0.15, 0.2) is 68.8 Å². The fraction of sp³-hybridized carbons (Fsp3) is 0.375. The maximum atomic E-state index is 13.3. The Kier molecular flexibility index (Phi) is 5.81. The lowest BCUT2D eigenvalue weighted by molar-refractivity contribution is -0.114. The summed E-state index contributed by atoms with van der Waals surface area (Å²) in [6.07, 6.45) is 9.05. The molecule has 1 aromatic heterocycles. The van der Waals surface area contributed by atoms with Gasteiger partial charge in [-0.2, -0.15) is 10.1 Å². The molecule has 0 atom stereocenters. The first-order valence-electron chi connectivity index (χ1n) is 14.2. The monoisotopic (exact) mass is 552 g/mol. The molecule has 9 nitrogen and oxygen atoms in total. The first-order chi connectivity index (χ1) is 19.7. The van der Waals surface area contributed by atoms with Crippen LogP contribution < -0.4 is 21.0 Å². The number of nitrogens with one attached hydrogen (secondary N) is 1. The number of carbonyl (C=O) groups excluding carboxylic acids is 1. The number of hydrazone groups is 1. The number of hydrogen-bond acceptors (Lipinski definition) is 6. The molecule has 2 aromatic carbocycles. The molecule has 9 heteroatoms. The molecule has 210 valence electrons. The van der Waals surface area contributed by atoms with E-state index in [0.29, 0.717) is 22.8 Å². The summed E-state index contributed by atoms with van der Waals surface area (Å²) in [6, 6.07) is 14.7. The molecule has 41 heavy (non-hydrogen) atoms. The molecule has 1 aliphatic heterocycles. The Labute approximate surface area is 236 Å². The highest BCUT2D eigenvalue weighted by Gasteiger charge is 2.51. The van der Waals surface area contributed by atoms with E-state index >= 15 is 0 Å². The third-order valence-corrected chi connectivity index (χ3v) is 9.57. The average molecular weight is 553 g/mol. The number of amides is 1. The van der Waals surface area contributed by atoms with Crippen molar-refractivity contribution in [1.82, 2.24) is 9.55 Å². The summed E-state index contributed by atoms with van der Waals surface area (Å²) in [5.74, 6) is 2.10. The SMILES string of the molecule is COc1ccc(N2N=C(C)/C(=C/c3c(O)n(-c4ccc(C56CC7CC(CC(C7)C5)C6)cc4)c(=O)[nH]c3=O)C2=O)cc1. The van der Waals surface area contributed by atoms with Gasteiger partial charge in [-0.1, -0.05) is 12.1 Å².